The Balaban J connectivity index is 1.68. The number of amides is 1. The molecule has 0 heterocycles. The summed E-state index contributed by atoms with van der Waals surface area (Å²) < 4.78 is 69.4. The first-order valence-corrected chi connectivity index (χ1v) is 11.4. The Kier molecular flexibility index (Phi) is 7.57. The first-order chi connectivity index (χ1) is 15.2. The van der Waals surface area contributed by atoms with E-state index in [9.17, 15) is 26.4 Å². The van der Waals surface area contributed by atoms with Gasteiger partial charge in [-0.1, -0.05) is 25.1 Å². The highest BCUT2D eigenvalue weighted by Gasteiger charge is 2.29. The molecule has 3 rings (SSSR count). The van der Waals surface area contributed by atoms with Crippen molar-refractivity contribution in [3.63, 3.8) is 0 Å². The number of nitrogens with one attached hydrogen (secondary N) is 1. The van der Waals surface area contributed by atoms with E-state index in [4.69, 9.17) is 0 Å². The summed E-state index contributed by atoms with van der Waals surface area (Å²) in [7, 11) is -3.90. The number of alkyl halides is 2. The average molecular weight is 468 g/mol. The zero-order chi connectivity index (χ0) is 23.3. The lowest BCUT2D eigenvalue weighted by Gasteiger charge is -2.24. The van der Waals surface area contributed by atoms with Crippen LogP contribution < -0.4 is 10.1 Å². The van der Waals surface area contributed by atoms with Crippen LogP contribution in [0.3, 0.4) is 0 Å². The number of aryl methyl sites for hydroxylation is 1. The van der Waals surface area contributed by atoms with Crippen LogP contribution in [0.5, 0.6) is 5.75 Å². The minimum Gasteiger partial charge on any atom is -0.435 e. The molecule has 32 heavy (non-hydrogen) atoms. The van der Waals surface area contributed by atoms with Gasteiger partial charge < -0.3 is 10.1 Å². The zero-order valence-corrected chi connectivity index (χ0v) is 18.2. The lowest BCUT2D eigenvalue weighted by atomic mass is 9.97. The fourth-order valence-electron chi connectivity index (χ4n) is 3.37. The number of hydrogen-bond acceptors (Lipinski definition) is 4. The van der Waals surface area contributed by atoms with E-state index in [2.05, 4.69) is 10.1 Å². The highest BCUT2D eigenvalue weighted by molar-refractivity contribution is 7.93. The third-order valence-electron chi connectivity index (χ3n) is 5.04. The van der Waals surface area contributed by atoms with E-state index in [1.54, 1.807) is 6.92 Å². The molecule has 1 N–H and O–H groups in total. The van der Waals surface area contributed by atoms with Gasteiger partial charge in [0.25, 0.3) is 0 Å². The maximum absolute atomic E-state index is 13.1. The van der Waals surface area contributed by atoms with E-state index in [1.807, 2.05) is 0 Å². The molecular weight excluding hydrogens is 445 g/mol. The van der Waals surface area contributed by atoms with Crippen molar-refractivity contribution in [1.82, 2.24) is 9.62 Å². The van der Waals surface area contributed by atoms with Gasteiger partial charge in [-0.15, -0.1) is 0 Å². The van der Waals surface area contributed by atoms with E-state index >= 15 is 0 Å². The maximum Gasteiger partial charge on any atom is 0.387 e. The van der Waals surface area contributed by atoms with Crippen molar-refractivity contribution in [2.24, 2.45) is 0 Å². The molecule has 0 saturated heterocycles. The van der Waals surface area contributed by atoms with E-state index in [1.165, 1.54) is 48.5 Å². The van der Waals surface area contributed by atoms with Crippen molar-refractivity contribution < 1.29 is 31.1 Å². The highest BCUT2D eigenvalue weighted by Crippen LogP contribution is 2.31. The molecule has 2 aromatic carbocycles. The zero-order valence-electron chi connectivity index (χ0n) is 17.4. The lowest BCUT2D eigenvalue weighted by Crippen LogP contribution is -2.41. The molecule has 0 aliphatic heterocycles. The van der Waals surface area contributed by atoms with Crippen molar-refractivity contribution in [3.05, 3.63) is 69.9 Å². The Morgan fingerprint density at radius 1 is 1.16 bits per heavy atom. The van der Waals surface area contributed by atoms with E-state index in [-0.39, 0.29) is 42.5 Å². The summed E-state index contributed by atoms with van der Waals surface area (Å²) >= 11 is 0. The van der Waals surface area contributed by atoms with Crippen LogP contribution in [0.1, 0.15) is 30.0 Å². The van der Waals surface area contributed by atoms with E-state index in [0.29, 0.717) is 23.1 Å². The molecule has 0 unspecified atom stereocenters. The summed E-state index contributed by atoms with van der Waals surface area (Å²) in [5.74, 6) is -0.847. The molecule has 0 fully saturated rings. The molecule has 1 aliphatic rings. The highest BCUT2D eigenvalue weighted by atomic mass is 32.2. The lowest BCUT2D eigenvalue weighted by molar-refractivity contribution is -0.121. The summed E-state index contributed by atoms with van der Waals surface area (Å²) in [6.45, 7) is -1.41. The monoisotopic (exact) mass is 468 g/mol. The number of benzene rings is 2. The predicted molar refractivity (Wildman–Crippen MR) is 114 cm³/mol. The summed E-state index contributed by atoms with van der Waals surface area (Å²) in [6.07, 6.45) is 2.02. The van der Waals surface area contributed by atoms with Gasteiger partial charge in [-0.05, 0) is 59.9 Å². The molecular formula is C22H23F3N2O4S. The Bertz CT molecular complexity index is 1100. The number of allylic oxidation sites excluding steroid dienone is 1. The van der Waals surface area contributed by atoms with Gasteiger partial charge in [0.05, 0.1) is 11.4 Å². The first kappa shape index (κ1) is 23.8. The number of carbonyl (C=O) groups is 1. The molecule has 0 saturated carbocycles. The largest absolute Gasteiger partial charge is 0.435 e. The molecule has 1 aliphatic carbocycles. The fourth-order valence-corrected chi connectivity index (χ4v) is 4.97. The predicted octanol–water partition coefficient (Wildman–Crippen LogP) is 3.68. The number of fused-ring (bicyclic) bond motifs is 1. The SMILES string of the molecule is CCN(CC(=O)NCc1ccc(F)cc1)S(=O)(=O)C1=Cc2ccc(OC(F)F)cc2CC1. The smallest absolute Gasteiger partial charge is 0.387 e. The number of sulfonamides is 1. The molecule has 0 radical (unpaired) electrons. The summed E-state index contributed by atoms with van der Waals surface area (Å²) in [5.41, 5.74) is 2.00. The van der Waals surface area contributed by atoms with Crippen molar-refractivity contribution in [3.8, 4) is 5.75 Å². The quantitative estimate of drug-likeness (QED) is 0.609. The van der Waals surface area contributed by atoms with E-state index < -0.39 is 22.5 Å². The van der Waals surface area contributed by atoms with Gasteiger partial charge in [-0.2, -0.15) is 13.1 Å². The second kappa shape index (κ2) is 10.2. The van der Waals surface area contributed by atoms with Gasteiger partial charge in [0.15, 0.2) is 0 Å². The van der Waals surface area contributed by atoms with Crippen molar-refractivity contribution >= 4 is 22.0 Å². The minimum absolute atomic E-state index is 0.0199. The van der Waals surface area contributed by atoms with Crippen LogP contribution in [-0.2, 0) is 27.8 Å². The summed E-state index contributed by atoms with van der Waals surface area (Å²) in [5, 5.41) is 2.63. The Morgan fingerprint density at radius 2 is 1.88 bits per heavy atom. The molecule has 10 heteroatoms. The van der Waals surface area contributed by atoms with Gasteiger partial charge >= 0.3 is 6.61 Å². The van der Waals surface area contributed by atoms with Gasteiger partial charge in [0, 0.05) is 13.1 Å². The first-order valence-electron chi connectivity index (χ1n) is 9.98. The van der Waals surface area contributed by atoms with Crippen LogP contribution in [0.15, 0.2) is 47.4 Å². The number of carbonyl (C=O) groups excluding carboxylic acids is 1. The van der Waals surface area contributed by atoms with Gasteiger partial charge in [-0.25, -0.2) is 12.8 Å². The molecule has 0 bridgehead atoms. The molecule has 172 valence electrons. The van der Waals surface area contributed by atoms with Gasteiger partial charge in [-0.3, -0.25) is 4.79 Å². The fraction of sp³-hybridized carbons (Fsp3) is 0.318. The van der Waals surface area contributed by atoms with Crippen LogP contribution in [0, 0.1) is 5.82 Å². The normalized spacial score (nSPS) is 13.6. The molecule has 0 spiro atoms. The molecule has 6 nitrogen and oxygen atoms in total. The second-order valence-electron chi connectivity index (χ2n) is 7.18. The van der Waals surface area contributed by atoms with Crippen molar-refractivity contribution in [2.45, 2.75) is 32.9 Å². The summed E-state index contributed by atoms with van der Waals surface area (Å²) in [6, 6.07) is 9.99. The topological polar surface area (TPSA) is 75.7 Å². The van der Waals surface area contributed by atoms with E-state index in [0.717, 1.165) is 4.31 Å². The third kappa shape index (κ3) is 5.89. The third-order valence-corrected chi connectivity index (χ3v) is 7.10. The Hall–Kier alpha value is -2.85. The van der Waals surface area contributed by atoms with Gasteiger partial charge in [0.1, 0.15) is 11.6 Å². The maximum atomic E-state index is 13.1. The van der Waals surface area contributed by atoms with Crippen LogP contribution in [0.25, 0.3) is 6.08 Å². The van der Waals surface area contributed by atoms with Crippen LogP contribution in [-0.4, -0.2) is 38.3 Å². The van der Waals surface area contributed by atoms with Crippen molar-refractivity contribution in [1.29, 1.82) is 0 Å². The number of halogens is 3. The van der Waals surface area contributed by atoms with Crippen LogP contribution in [0.4, 0.5) is 13.2 Å². The second-order valence-corrected chi connectivity index (χ2v) is 9.18. The van der Waals surface area contributed by atoms with Crippen molar-refractivity contribution in [2.75, 3.05) is 13.1 Å². The van der Waals surface area contributed by atoms with Crippen LogP contribution in [0.2, 0.25) is 0 Å². The number of hydrogen-bond donors (Lipinski definition) is 1. The molecule has 1 amide bonds. The van der Waals surface area contributed by atoms with Crippen LogP contribution >= 0.6 is 0 Å². The molecule has 2 aromatic rings. The number of rotatable bonds is 9. The Labute approximate surface area is 184 Å². The van der Waals surface area contributed by atoms with Gasteiger partial charge in [0.2, 0.25) is 15.9 Å². The number of likely N-dealkylation sites (N-methyl/N-ethyl adjacent to an activating group) is 1. The number of ether oxygens (including phenoxy) is 1. The summed E-state index contributed by atoms with van der Waals surface area (Å²) in [4.78, 5) is 12.5. The minimum atomic E-state index is -3.90. The molecule has 0 aromatic heterocycles. The Morgan fingerprint density at radius 3 is 2.53 bits per heavy atom. The standard InChI is InChI=1S/C22H23F3N2O4S/c1-2-27(14-21(28)26-13-15-3-7-18(23)8-4-15)32(29,30)20-10-6-16-11-19(31-22(24)25)9-5-17(16)12-20/h3-5,7-9,11-12,22H,2,6,10,13-14H2,1H3,(H,26,28). The number of nitrogens with zero attached hydrogens (tertiary/aromatic N) is 1. The average Bonchev–Trinajstić information content (AvgIpc) is 2.76. The molecule has 0 atom stereocenters.